The number of carbonyl (C=O) groups excluding carboxylic acids is 1. The van der Waals surface area contributed by atoms with Crippen molar-refractivity contribution in [3.05, 3.63) is 74.8 Å². The minimum Gasteiger partial charge on any atom is -0.289 e. The summed E-state index contributed by atoms with van der Waals surface area (Å²) in [6.07, 6.45) is 0. The van der Waals surface area contributed by atoms with E-state index >= 15 is 0 Å². The fourth-order valence-corrected chi connectivity index (χ4v) is 1.98. The quantitative estimate of drug-likeness (QED) is 0.479. The second-order valence-electron chi connectivity index (χ2n) is 4.40. The maximum Gasteiger partial charge on any atom is 0.272 e. The van der Waals surface area contributed by atoms with Crippen molar-refractivity contribution >= 4 is 11.5 Å². The predicted molar refractivity (Wildman–Crippen MR) is 72.4 cm³/mol. The van der Waals surface area contributed by atoms with Gasteiger partial charge < -0.3 is 0 Å². The molecule has 0 heterocycles. The molecule has 0 N–H and O–H groups in total. The summed E-state index contributed by atoms with van der Waals surface area (Å²) in [5.74, 6) is -0.115. The van der Waals surface area contributed by atoms with Gasteiger partial charge in [-0.15, -0.1) is 0 Å². The first-order valence-electron chi connectivity index (χ1n) is 5.86. The molecule has 2 aromatic rings. The van der Waals surface area contributed by atoms with Crippen LogP contribution in [0.1, 0.15) is 27.0 Å². The zero-order valence-corrected chi connectivity index (χ0v) is 10.7. The first kappa shape index (κ1) is 13.0. The van der Waals surface area contributed by atoms with E-state index < -0.39 is 4.92 Å². The van der Waals surface area contributed by atoms with Crippen molar-refractivity contribution in [1.29, 1.82) is 0 Å². The summed E-state index contributed by atoms with van der Waals surface area (Å²) in [7, 11) is 0. The Morgan fingerprint density at radius 2 is 1.74 bits per heavy atom. The molecule has 4 heteroatoms. The molecule has 0 unspecified atom stereocenters. The van der Waals surface area contributed by atoms with Crippen LogP contribution in [-0.4, -0.2) is 10.7 Å². The number of benzene rings is 2. The third kappa shape index (κ3) is 2.52. The van der Waals surface area contributed by atoms with Gasteiger partial charge in [-0.3, -0.25) is 14.9 Å². The number of hydrogen-bond acceptors (Lipinski definition) is 3. The van der Waals surface area contributed by atoms with E-state index in [0.29, 0.717) is 16.7 Å². The molecule has 2 aromatic carbocycles. The van der Waals surface area contributed by atoms with E-state index in [1.165, 1.54) is 12.1 Å². The number of nitro groups is 1. The number of nitro benzene ring substituents is 1. The maximum absolute atomic E-state index is 12.3. The largest absolute Gasteiger partial charge is 0.289 e. The molecule has 4 nitrogen and oxygen atoms in total. The molecular formula is C15H13NO3. The molecule has 19 heavy (non-hydrogen) atoms. The molecule has 2 rings (SSSR count). The maximum atomic E-state index is 12.3. The zero-order chi connectivity index (χ0) is 14.0. The molecule has 0 bridgehead atoms. The fourth-order valence-electron chi connectivity index (χ4n) is 1.98. The van der Waals surface area contributed by atoms with Gasteiger partial charge in [0.1, 0.15) is 0 Å². The summed E-state index contributed by atoms with van der Waals surface area (Å²) in [6, 6.07) is 11.7. The van der Waals surface area contributed by atoms with Crippen LogP contribution in [0.15, 0.2) is 42.5 Å². The number of carbonyl (C=O) groups is 1. The van der Waals surface area contributed by atoms with Crippen LogP contribution in [0, 0.1) is 24.0 Å². The van der Waals surface area contributed by atoms with E-state index in [4.69, 9.17) is 0 Å². The molecule has 96 valence electrons. The second-order valence-corrected chi connectivity index (χ2v) is 4.40. The molecule has 0 spiro atoms. The highest BCUT2D eigenvalue weighted by Gasteiger charge is 2.15. The molecule has 0 atom stereocenters. The normalized spacial score (nSPS) is 10.2. The van der Waals surface area contributed by atoms with Gasteiger partial charge in [0.05, 0.1) is 4.92 Å². The highest BCUT2D eigenvalue weighted by atomic mass is 16.6. The summed E-state index contributed by atoms with van der Waals surface area (Å²) in [5.41, 5.74) is 2.50. The average molecular weight is 255 g/mol. The fraction of sp³-hybridized carbons (Fsp3) is 0.133. The van der Waals surface area contributed by atoms with Gasteiger partial charge in [-0.05, 0) is 31.5 Å². The van der Waals surface area contributed by atoms with Crippen LogP contribution in [-0.2, 0) is 0 Å². The van der Waals surface area contributed by atoms with Crippen LogP contribution in [0.3, 0.4) is 0 Å². The topological polar surface area (TPSA) is 60.2 Å². The molecule has 0 saturated carbocycles. The van der Waals surface area contributed by atoms with Gasteiger partial charge in [-0.2, -0.15) is 0 Å². The van der Waals surface area contributed by atoms with Crippen molar-refractivity contribution in [2.75, 3.05) is 0 Å². The Labute approximate surface area is 110 Å². The second kappa shape index (κ2) is 5.02. The van der Waals surface area contributed by atoms with Crippen molar-refractivity contribution in [3.8, 4) is 0 Å². The molecule has 0 aromatic heterocycles. The van der Waals surface area contributed by atoms with E-state index in [-0.39, 0.29) is 11.5 Å². The van der Waals surface area contributed by atoms with Crippen molar-refractivity contribution in [3.63, 3.8) is 0 Å². The Morgan fingerprint density at radius 3 is 2.32 bits per heavy atom. The lowest BCUT2D eigenvalue weighted by molar-refractivity contribution is -0.385. The van der Waals surface area contributed by atoms with E-state index in [1.54, 1.807) is 25.1 Å². The van der Waals surface area contributed by atoms with E-state index in [2.05, 4.69) is 0 Å². The molecule has 0 fully saturated rings. The van der Waals surface area contributed by atoms with Crippen LogP contribution in [0.25, 0.3) is 0 Å². The van der Waals surface area contributed by atoms with Crippen LogP contribution < -0.4 is 0 Å². The molecule has 0 aliphatic rings. The third-order valence-corrected chi connectivity index (χ3v) is 3.05. The van der Waals surface area contributed by atoms with Crippen molar-refractivity contribution < 1.29 is 9.72 Å². The summed E-state index contributed by atoms with van der Waals surface area (Å²) in [6.45, 7) is 3.50. The summed E-state index contributed by atoms with van der Waals surface area (Å²) in [5, 5.41) is 10.7. The Morgan fingerprint density at radius 1 is 1.05 bits per heavy atom. The molecule has 0 aliphatic heterocycles. The molecule has 0 radical (unpaired) electrons. The number of aryl methyl sites for hydroxylation is 2. The summed E-state index contributed by atoms with van der Waals surface area (Å²) in [4.78, 5) is 22.6. The van der Waals surface area contributed by atoms with Gasteiger partial charge in [-0.1, -0.05) is 24.3 Å². The van der Waals surface area contributed by atoms with Gasteiger partial charge in [0, 0.05) is 22.8 Å². The Bertz CT molecular complexity index is 662. The minimum absolute atomic E-state index is 0.0290. The van der Waals surface area contributed by atoms with Crippen LogP contribution in [0.2, 0.25) is 0 Å². The number of nitrogens with zero attached hydrogens (tertiary/aromatic N) is 1. The smallest absolute Gasteiger partial charge is 0.272 e. The third-order valence-electron chi connectivity index (χ3n) is 3.05. The lowest BCUT2D eigenvalue weighted by Crippen LogP contribution is -2.04. The number of rotatable bonds is 3. The number of hydrogen-bond donors (Lipinski definition) is 0. The standard InChI is InChI=1S/C15H13NO3/c1-10-5-3-4-6-13(10)15(17)12-7-8-14(16(18)19)11(2)9-12/h3-9H,1-2H3. The van der Waals surface area contributed by atoms with E-state index in [0.717, 1.165) is 5.56 Å². The highest BCUT2D eigenvalue weighted by Crippen LogP contribution is 2.21. The van der Waals surface area contributed by atoms with Gasteiger partial charge in [-0.25, -0.2) is 0 Å². The van der Waals surface area contributed by atoms with Crippen LogP contribution in [0.4, 0.5) is 5.69 Å². The molecule has 0 amide bonds. The van der Waals surface area contributed by atoms with Crippen molar-refractivity contribution in [1.82, 2.24) is 0 Å². The molecule has 0 aliphatic carbocycles. The highest BCUT2D eigenvalue weighted by molar-refractivity contribution is 6.10. The Kier molecular flexibility index (Phi) is 3.42. The zero-order valence-electron chi connectivity index (χ0n) is 10.7. The lowest BCUT2D eigenvalue weighted by atomic mass is 9.98. The SMILES string of the molecule is Cc1ccccc1C(=O)c1ccc([N+](=O)[O-])c(C)c1. The van der Waals surface area contributed by atoms with Crippen molar-refractivity contribution in [2.45, 2.75) is 13.8 Å². The number of ketones is 1. The first-order chi connectivity index (χ1) is 9.00. The monoisotopic (exact) mass is 255 g/mol. The predicted octanol–water partition coefficient (Wildman–Crippen LogP) is 3.44. The Balaban J connectivity index is 2.43. The van der Waals surface area contributed by atoms with Crippen LogP contribution >= 0.6 is 0 Å². The van der Waals surface area contributed by atoms with Gasteiger partial charge >= 0.3 is 0 Å². The van der Waals surface area contributed by atoms with Gasteiger partial charge in [0.2, 0.25) is 0 Å². The lowest BCUT2D eigenvalue weighted by Gasteiger charge is -2.05. The van der Waals surface area contributed by atoms with Gasteiger partial charge in [0.25, 0.3) is 5.69 Å². The van der Waals surface area contributed by atoms with E-state index in [9.17, 15) is 14.9 Å². The molecule has 0 saturated heterocycles. The minimum atomic E-state index is -0.447. The van der Waals surface area contributed by atoms with Crippen LogP contribution in [0.5, 0.6) is 0 Å². The first-order valence-corrected chi connectivity index (χ1v) is 5.86. The summed E-state index contributed by atoms with van der Waals surface area (Å²) < 4.78 is 0. The average Bonchev–Trinajstić information content (AvgIpc) is 2.38. The Hall–Kier alpha value is -2.49. The summed E-state index contributed by atoms with van der Waals surface area (Å²) >= 11 is 0. The van der Waals surface area contributed by atoms with Crippen molar-refractivity contribution in [2.24, 2.45) is 0 Å². The molecular weight excluding hydrogens is 242 g/mol. The van der Waals surface area contributed by atoms with E-state index in [1.807, 2.05) is 19.1 Å². The van der Waals surface area contributed by atoms with Gasteiger partial charge in [0.15, 0.2) is 5.78 Å².